The number of nitrogens with zero attached hydrogens (tertiary/aromatic N) is 1. The maximum atomic E-state index is 13.5. The molecular weight excluding hydrogens is 349 g/mol. The van der Waals surface area contributed by atoms with Crippen LogP contribution in [-0.2, 0) is 0 Å². The number of rotatable bonds is 2. The minimum atomic E-state index is -0.819. The fraction of sp³-hybridized carbons (Fsp3) is 0. The van der Waals surface area contributed by atoms with Crippen LogP contribution in [0.4, 0.5) is 20.3 Å². The van der Waals surface area contributed by atoms with Crippen molar-refractivity contribution < 1.29 is 8.78 Å². The van der Waals surface area contributed by atoms with Crippen molar-refractivity contribution in [2.75, 3.05) is 5.32 Å². The molecule has 0 amide bonds. The minimum Gasteiger partial charge on any atom is -0.335 e. The Hall–Kier alpha value is -0.910. The van der Waals surface area contributed by atoms with E-state index in [1.807, 2.05) is 0 Å². The predicted molar refractivity (Wildman–Crippen MR) is 71.6 cm³/mol. The zero-order valence-corrected chi connectivity index (χ0v) is 11.7. The van der Waals surface area contributed by atoms with Gasteiger partial charge in [-0.05, 0) is 28.1 Å². The van der Waals surface area contributed by atoms with Gasteiger partial charge in [-0.2, -0.15) is 0 Å². The van der Waals surface area contributed by atoms with E-state index in [1.165, 1.54) is 6.20 Å². The van der Waals surface area contributed by atoms with Crippen LogP contribution in [0.2, 0.25) is 10.0 Å². The Balaban J connectivity index is 2.40. The minimum absolute atomic E-state index is 0.0743. The number of benzene rings is 1. The first kappa shape index (κ1) is 13.5. The van der Waals surface area contributed by atoms with Crippen molar-refractivity contribution in [3.63, 3.8) is 0 Å². The summed E-state index contributed by atoms with van der Waals surface area (Å²) in [4.78, 5) is 3.97. The first-order chi connectivity index (χ1) is 8.47. The van der Waals surface area contributed by atoms with E-state index in [4.69, 9.17) is 23.2 Å². The van der Waals surface area contributed by atoms with Gasteiger partial charge < -0.3 is 5.32 Å². The summed E-state index contributed by atoms with van der Waals surface area (Å²) in [5.41, 5.74) is -0.0743. The van der Waals surface area contributed by atoms with Gasteiger partial charge in [0, 0.05) is 16.7 Å². The molecule has 0 saturated heterocycles. The molecule has 2 rings (SSSR count). The first-order valence-corrected chi connectivity index (χ1v) is 6.25. The van der Waals surface area contributed by atoms with E-state index in [-0.39, 0.29) is 21.6 Å². The first-order valence-electron chi connectivity index (χ1n) is 4.70. The van der Waals surface area contributed by atoms with Crippen molar-refractivity contribution in [1.29, 1.82) is 0 Å². The number of halogens is 5. The lowest BCUT2D eigenvalue weighted by atomic mass is 10.3. The van der Waals surface area contributed by atoms with E-state index >= 15 is 0 Å². The average Bonchev–Trinajstić information content (AvgIpc) is 2.25. The van der Waals surface area contributed by atoms with Crippen molar-refractivity contribution in [2.24, 2.45) is 0 Å². The van der Waals surface area contributed by atoms with Crippen LogP contribution >= 0.6 is 39.1 Å². The lowest BCUT2D eigenvalue weighted by Crippen LogP contribution is -1.98. The molecule has 1 heterocycles. The Labute approximate surface area is 120 Å². The van der Waals surface area contributed by atoms with Gasteiger partial charge in [0.25, 0.3) is 0 Å². The van der Waals surface area contributed by atoms with Crippen LogP contribution in [0.25, 0.3) is 0 Å². The Morgan fingerprint density at radius 2 is 1.83 bits per heavy atom. The summed E-state index contributed by atoms with van der Waals surface area (Å²) in [5, 5.41) is 2.82. The molecule has 0 saturated carbocycles. The molecule has 0 aliphatic heterocycles. The molecule has 0 radical (unpaired) electrons. The second-order valence-electron chi connectivity index (χ2n) is 3.35. The van der Waals surface area contributed by atoms with Crippen LogP contribution in [0.3, 0.4) is 0 Å². The molecule has 1 N–H and O–H groups in total. The summed E-state index contributed by atoms with van der Waals surface area (Å²) < 4.78 is 27.1. The third-order valence-corrected chi connectivity index (χ3v) is 3.08. The summed E-state index contributed by atoms with van der Waals surface area (Å²) in [6.45, 7) is 0. The van der Waals surface area contributed by atoms with E-state index < -0.39 is 11.6 Å². The van der Waals surface area contributed by atoms with Crippen LogP contribution in [0.15, 0.2) is 28.9 Å². The van der Waals surface area contributed by atoms with Crippen LogP contribution in [0.5, 0.6) is 0 Å². The topological polar surface area (TPSA) is 24.9 Å². The zero-order valence-electron chi connectivity index (χ0n) is 8.65. The highest BCUT2D eigenvalue weighted by atomic mass is 79.9. The highest BCUT2D eigenvalue weighted by Gasteiger charge is 2.12. The van der Waals surface area contributed by atoms with Gasteiger partial charge in [0.15, 0.2) is 5.82 Å². The molecule has 7 heteroatoms. The SMILES string of the molecule is Fc1cc(F)c(Nc2ncc(Br)cc2Cl)c(Cl)c1. The summed E-state index contributed by atoms with van der Waals surface area (Å²) in [6.07, 6.45) is 1.49. The standard InChI is InChI=1S/C11H5BrCl2F2N2/c12-5-1-8(14)11(17-4-5)18-10-7(13)2-6(15)3-9(10)16/h1-4H,(H,17,18). The molecule has 0 spiro atoms. The summed E-state index contributed by atoms with van der Waals surface area (Å²) in [5.74, 6) is -1.34. The van der Waals surface area contributed by atoms with Gasteiger partial charge in [-0.25, -0.2) is 13.8 Å². The molecule has 94 valence electrons. The molecule has 0 atom stereocenters. The van der Waals surface area contributed by atoms with E-state index in [9.17, 15) is 8.78 Å². The fourth-order valence-electron chi connectivity index (χ4n) is 1.29. The third kappa shape index (κ3) is 2.91. The van der Waals surface area contributed by atoms with Gasteiger partial charge in [0.05, 0.1) is 15.7 Å². The molecule has 2 aromatic rings. The van der Waals surface area contributed by atoms with Crippen LogP contribution in [0.1, 0.15) is 0 Å². The van der Waals surface area contributed by atoms with Gasteiger partial charge in [0.2, 0.25) is 0 Å². The Bertz CT molecular complexity index is 585. The number of aromatic nitrogens is 1. The monoisotopic (exact) mass is 352 g/mol. The number of hydrogen-bond acceptors (Lipinski definition) is 2. The molecule has 0 unspecified atom stereocenters. The lowest BCUT2D eigenvalue weighted by Gasteiger charge is -2.10. The number of hydrogen-bond donors (Lipinski definition) is 1. The Morgan fingerprint density at radius 1 is 1.11 bits per heavy atom. The zero-order chi connectivity index (χ0) is 13.3. The highest BCUT2D eigenvalue weighted by Crippen LogP contribution is 2.32. The highest BCUT2D eigenvalue weighted by molar-refractivity contribution is 9.10. The third-order valence-electron chi connectivity index (χ3n) is 2.06. The van der Waals surface area contributed by atoms with Crippen molar-refractivity contribution in [1.82, 2.24) is 4.98 Å². The molecule has 18 heavy (non-hydrogen) atoms. The number of pyridine rings is 1. The van der Waals surface area contributed by atoms with Gasteiger partial charge in [0.1, 0.15) is 11.6 Å². The van der Waals surface area contributed by atoms with E-state index in [2.05, 4.69) is 26.2 Å². The van der Waals surface area contributed by atoms with E-state index in [1.54, 1.807) is 6.07 Å². The van der Waals surface area contributed by atoms with E-state index in [0.717, 1.165) is 12.1 Å². The molecule has 0 fully saturated rings. The van der Waals surface area contributed by atoms with Gasteiger partial charge in [-0.1, -0.05) is 23.2 Å². The Morgan fingerprint density at radius 3 is 2.44 bits per heavy atom. The molecule has 0 aliphatic carbocycles. The molecule has 2 nitrogen and oxygen atoms in total. The van der Waals surface area contributed by atoms with Crippen LogP contribution in [0, 0.1) is 11.6 Å². The van der Waals surface area contributed by atoms with Crippen molar-refractivity contribution in [2.45, 2.75) is 0 Å². The number of nitrogens with one attached hydrogen (secondary N) is 1. The maximum Gasteiger partial charge on any atom is 0.151 e. The molecule has 0 bridgehead atoms. The Kier molecular flexibility index (Phi) is 4.04. The maximum absolute atomic E-state index is 13.5. The van der Waals surface area contributed by atoms with Gasteiger partial charge >= 0.3 is 0 Å². The smallest absolute Gasteiger partial charge is 0.151 e. The fourth-order valence-corrected chi connectivity index (χ4v) is 2.20. The average molecular weight is 354 g/mol. The van der Waals surface area contributed by atoms with Gasteiger partial charge in [-0.15, -0.1) is 0 Å². The predicted octanol–water partition coefficient (Wildman–Crippen LogP) is 5.17. The van der Waals surface area contributed by atoms with Crippen LogP contribution in [-0.4, -0.2) is 4.98 Å². The quantitative estimate of drug-likeness (QED) is 0.805. The summed E-state index contributed by atoms with van der Waals surface area (Å²) in [6, 6.07) is 3.31. The van der Waals surface area contributed by atoms with Crippen molar-refractivity contribution in [3.8, 4) is 0 Å². The lowest BCUT2D eigenvalue weighted by molar-refractivity contribution is 0.586. The van der Waals surface area contributed by atoms with Crippen molar-refractivity contribution >= 4 is 50.6 Å². The van der Waals surface area contributed by atoms with Crippen LogP contribution < -0.4 is 5.32 Å². The summed E-state index contributed by atoms with van der Waals surface area (Å²) >= 11 is 14.9. The van der Waals surface area contributed by atoms with E-state index in [0.29, 0.717) is 4.47 Å². The molecular formula is C11H5BrCl2F2N2. The summed E-state index contributed by atoms with van der Waals surface area (Å²) in [7, 11) is 0. The van der Waals surface area contributed by atoms with Crippen molar-refractivity contribution in [3.05, 3.63) is 50.5 Å². The molecule has 0 aliphatic rings. The second kappa shape index (κ2) is 5.38. The normalized spacial score (nSPS) is 10.5. The molecule has 1 aromatic heterocycles. The second-order valence-corrected chi connectivity index (χ2v) is 5.08. The number of anilines is 2. The molecule has 1 aromatic carbocycles. The van der Waals surface area contributed by atoms with Gasteiger partial charge in [-0.3, -0.25) is 0 Å². The largest absolute Gasteiger partial charge is 0.335 e.